The van der Waals surface area contributed by atoms with Gasteiger partial charge in [-0.3, -0.25) is 4.79 Å². The second-order valence-electron chi connectivity index (χ2n) is 5.54. The number of nitrogens with one attached hydrogen (secondary N) is 1. The predicted octanol–water partition coefficient (Wildman–Crippen LogP) is 2.67. The van der Waals surface area contributed by atoms with Crippen LogP contribution in [0.15, 0.2) is 28.7 Å². The summed E-state index contributed by atoms with van der Waals surface area (Å²) in [6.07, 6.45) is 1.69. The summed E-state index contributed by atoms with van der Waals surface area (Å²) >= 11 is 3.41. The Bertz CT molecular complexity index is 473. The molecule has 1 heterocycles. The molecule has 0 aliphatic carbocycles. The van der Waals surface area contributed by atoms with Gasteiger partial charge in [0.1, 0.15) is 5.75 Å². The summed E-state index contributed by atoms with van der Waals surface area (Å²) in [5, 5.41) is 3.21. The van der Waals surface area contributed by atoms with Crippen molar-refractivity contribution in [3.05, 3.63) is 28.7 Å². The number of ether oxygens (including phenoxy) is 1. The lowest BCUT2D eigenvalue weighted by Gasteiger charge is -2.33. The fraction of sp³-hybridized carbons (Fsp3) is 0.562. The highest BCUT2D eigenvalue weighted by Crippen LogP contribution is 2.21. The second kappa shape index (κ2) is 7.80. The number of halogens is 1. The maximum atomic E-state index is 12.4. The number of likely N-dealkylation sites (tertiary alicyclic amines) is 1. The number of rotatable bonds is 5. The molecular weight excluding hydrogens is 332 g/mol. The molecule has 0 saturated carbocycles. The quantitative estimate of drug-likeness (QED) is 0.883. The van der Waals surface area contributed by atoms with E-state index in [0.29, 0.717) is 5.92 Å². The molecule has 21 heavy (non-hydrogen) atoms. The van der Waals surface area contributed by atoms with E-state index >= 15 is 0 Å². The van der Waals surface area contributed by atoms with Gasteiger partial charge in [0.2, 0.25) is 0 Å². The highest BCUT2D eigenvalue weighted by molar-refractivity contribution is 9.10. The van der Waals surface area contributed by atoms with Crippen molar-refractivity contribution in [1.82, 2.24) is 10.2 Å². The van der Waals surface area contributed by atoms with Gasteiger partial charge in [0.25, 0.3) is 5.91 Å². The maximum Gasteiger partial charge on any atom is 0.263 e. The van der Waals surface area contributed by atoms with Crippen LogP contribution in [0.25, 0.3) is 0 Å². The van der Waals surface area contributed by atoms with E-state index in [9.17, 15) is 4.79 Å². The van der Waals surface area contributed by atoms with Crippen LogP contribution in [0.3, 0.4) is 0 Å². The number of carbonyl (C=O) groups excluding carboxylic acids is 1. The Morgan fingerprint density at radius 3 is 2.81 bits per heavy atom. The first-order valence-corrected chi connectivity index (χ1v) is 8.25. The topological polar surface area (TPSA) is 41.6 Å². The summed E-state index contributed by atoms with van der Waals surface area (Å²) < 4.78 is 6.70. The highest BCUT2D eigenvalue weighted by Gasteiger charge is 2.26. The van der Waals surface area contributed by atoms with Gasteiger partial charge in [-0.1, -0.05) is 22.0 Å². The van der Waals surface area contributed by atoms with Crippen LogP contribution in [0.2, 0.25) is 0 Å². The minimum atomic E-state index is -0.444. The van der Waals surface area contributed by atoms with Crippen LogP contribution in [0.4, 0.5) is 0 Å². The molecule has 0 radical (unpaired) electrons. The third kappa shape index (κ3) is 4.71. The first kappa shape index (κ1) is 16.3. The molecule has 0 spiro atoms. The number of piperidine rings is 1. The third-order valence-electron chi connectivity index (χ3n) is 3.88. The molecule has 5 heteroatoms. The molecule has 2 rings (SSSR count). The van der Waals surface area contributed by atoms with Gasteiger partial charge in [0.15, 0.2) is 6.10 Å². The van der Waals surface area contributed by atoms with E-state index in [1.165, 1.54) is 0 Å². The van der Waals surface area contributed by atoms with Crippen LogP contribution in [0.1, 0.15) is 19.8 Å². The van der Waals surface area contributed by atoms with E-state index in [4.69, 9.17) is 4.74 Å². The van der Waals surface area contributed by atoms with Crippen molar-refractivity contribution in [2.45, 2.75) is 25.9 Å². The van der Waals surface area contributed by atoms with Gasteiger partial charge in [-0.25, -0.2) is 0 Å². The van der Waals surface area contributed by atoms with Crippen molar-refractivity contribution in [2.24, 2.45) is 5.92 Å². The zero-order valence-electron chi connectivity index (χ0n) is 12.6. The van der Waals surface area contributed by atoms with Crippen LogP contribution in [0.5, 0.6) is 5.75 Å². The largest absolute Gasteiger partial charge is 0.481 e. The molecule has 1 aliphatic heterocycles. The number of nitrogens with zero attached hydrogens (tertiary/aromatic N) is 1. The van der Waals surface area contributed by atoms with E-state index in [1.807, 2.05) is 43.1 Å². The van der Waals surface area contributed by atoms with Crippen LogP contribution < -0.4 is 10.1 Å². The van der Waals surface area contributed by atoms with E-state index < -0.39 is 6.10 Å². The van der Waals surface area contributed by atoms with Crippen LogP contribution >= 0.6 is 15.9 Å². The lowest BCUT2D eigenvalue weighted by atomic mass is 9.96. The fourth-order valence-corrected chi connectivity index (χ4v) is 3.08. The molecule has 1 atom stereocenters. The summed E-state index contributed by atoms with van der Waals surface area (Å²) in [5.41, 5.74) is 0. The smallest absolute Gasteiger partial charge is 0.263 e. The Balaban J connectivity index is 1.85. The molecule has 0 bridgehead atoms. The van der Waals surface area contributed by atoms with Crippen LogP contribution in [-0.2, 0) is 4.79 Å². The van der Waals surface area contributed by atoms with Gasteiger partial charge < -0.3 is 15.0 Å². The van der Waals surface area contributed by atoms with Gasteiger partial charge in [-0.05, 0) is 57.5 Å². The number of benzene rings is 1. The number of hydrogen-bond acceptors (Lipinski definition) is 3. The van der Waals surface area contributed by atoms with Gasteiger partial charge in [0, 0.05) is 17.6 Å². The Morgan fingerprint density at radius 2 is 2.19 bits per heavy atom. The summed E-state index contributed by atoms with van der Waals surface area (Å²) in [7, 11) is 1.98. The molecule has 1 amide bonds. The molecule has 1 fully saturated rings. The average molecular weight is 355 g/mol. The van der Waals surface area contributed by atoms with E-state index in [0.717, 1.165) is 42.7 Å². The third-order valence-corrected chi connectivity index (χ3v) is 4.37. The van der Waals surface area contributed by atoms with Crippen molar-refractivity contribution >= 4 is 21.8 Å². The van der Waals surface area contributed by atoms with Crippen molar-refractivity contribution < 1.29 is 9.53 Å². The monoisotopic (exact) mass is 354 g/mol. The van der Waals surface area contributed by atoms with Crippen molar-refractivity contribution in [2.75, 3.05) is 26.7 Å². The van der Waals surface area contributed by atoms with Crippen LogP contribution in [0, 0.1) is 5.92 Å². The van der Waals surface area contributed by atoms with E-state index in [1.54, 1.807) is 0 Å². The lowest BCUT2D eigenvalue weighted by Crippen LogP contribution is -2.45. The van der Waals surface area contributed by atoms with Crippen molar-refractivity contribution in [3.63, 3.8) is 0 Å². The molecule has 1 unspecified atom stereocenters. The molecule has 116 valence electrons. The average Bonchev–Trinajstić information content (AvgIpc) is 2.47. The molecule has 1 saturated heterocycles. The minimum absolute atomic E-state index is 0.0814. The Hall–Kier alpha value is -1.07. The molecule has 4 nitrogen and oxygen atoms in total. The minimum Gasteiger partial charge on any atom is -0.481 e. The van der Waals surface area contributed by atoms with Crippen molar-refractivity contribution in [3.8, 4) is 5.75 Å². The van der Waals surface area contributed by atoms with Gasteiger partial charge in [-0.15, -0.1) is 0 Å². The summed E-state index contributed by atoms with van der Waals surface area (Å²) in [4.78, 5) is 14.4. The van der Waals surface area contributed by atoms with Gasteiger partial charge in [-0.2, -0.15) is 0 Å². The molecule has 1 aliphatic rings. The fourth-order valence-electron chi connectivity index (χ4n) is 2.70. The standard InChI is InChI=1S/C16H23BrN2O2/c1-12(21-15-5-3-4-14(17)10-15)16(20)19-8-6-13(7-9-19)11-18-2/h3-5,10,12-13,18H,6-9,11H2,1-2H3. The predicted molar refractivity (Wildman–Crippen MR) is 87.5 cm³/mol. The molecular formula is C16H23BrN2O2. The highest BCUT2D eigenvalue weighted by atomic mass is 79.9. The first-order chi connectivity index (χ1) is 10.1. The molecule has 1 aromatic carbocycles. The van der Waals surface area contributed by atoms with Crippen LogP contribution in [-0.4, -0.2) is 43.6 Å². The summed E-state index contributed by atoms with van der Waals surface area (Å²) in [6, 6.07) is 7.59. The number of carbonyl (C=O) groups is 1. The Kier molecular flexibility index (Phi) is 6.06. The zero-order chi connectivity index (χ0) is 15.2. The SMILES string of the molecule is CNCC1CCN(C(=O)C(C)Oc2cccc(Br)c2)CC1. The molecule has 0 aromatic heterocycles. The summed E-state index contributed by atoms with van der Waals surface area (Å²) in [5.74, 6) is 1.48. The van der Waals surface area contributed by atoms with E-state index in [-0.39, 0.29) is 5.91 Å². The number of amides is 1. The first-order valence-electron chi connectivity index (χ1n) is 7.45. The molecule has 1 N–H and O–H groups in total. The lowest BCUT2D eigenvalue weighted by molar-refractivity contribution is -0.139. The molecule has 1 aromatic rings. The van der Waals surface area contributed by atoms with E-state index in [2.05, 4.69) is 21.2 Å². The van der Waals surface area contributed by atoms with Gasteiger partial charge >= 0.3 is 0 Å². The number of hydrogen-bond donors (Lipinski definition) is 1. The maximum absolute atomic E-state index is 12.4. The second-order valence-corrected chi connectivity index (χ2v) is 6.46. The van der Waals surface area contributed by atoms with Crippen molar-refractivity contribution in [1.29, 1.82) is 0 Å². The Morgan fingerprint density at radius 1 is 1.48 bits per heavy atom. The van der Waals surface area contributed by atoms with Gasteiger partial charge in [0.05, 0.1) is 0 Å². The Labute approximate surface area is 135 Å². The summed E-state index contributed by atoms with van der Waals surface area (Å²) in [6.45, 7) is 4.52. The zero-order valence-corrected chi connectivity index (χ0v) is 14.2. The normalized spacial score (nSPS) is 17.6.